The fraction of sp³-hybridized carbons (Fsp3) is 0.385. The molecule has 0 spiro atoms. The van der Waals surface area contributed by atoms with Crippen LogP contribution in [-0.2, 0) is 4.79 Å². The van der Waals surface area contributed by atoms with Crippen molar-refractivity contribution in [2.45, 2.75) is 25.4 Å². The molecule has 1 aliphatic heterocycles. The van der Waals surface area contributed by atoms with Gasteiger partial charge in [-0.2, -0.15) is 0 Å². The van der Waals surface area contributed by atoms with E-state index in [0.717, 1.165) is 4.90 Å². The van der Waals surface area contributed by atoms with Crippen LogP contribution in [-0.4, -0.2) is 28.9 Å². The normalized spacial score (nSPS) is 19.5. The van der Waals surface area contributed by atoms with Crippen molar-refractivity contribution in [2.75, 3.05) is 6.54 Å². The molecule has 5 nitrogen and oxygen atoms in total. The lowest BCUT2D eigenvalue weighted by Gasteiger charge is -2.20. The van der Waals surface area contributed by atoms with E-state index in [2.05, 4.69) is 5.32 Å². The summed E-state index contributed by atoms with van der Waals surface area (Å²) in [6.07, 6.45) is 0. The van der Waals surface area contributed by atoms with Crippen LogP contribution in [0.1, 0.15) is 25.5 Å². The van der Waals surface area contributed by atoms with E-state index >= 15 is 0 Å². The lowest BCUT2D eigenvalue weighted by molar-refractivity contribution is -0.130. The summed E-state index contributed by atoms with van der Waals surface area (Å²) in [6.45, 7) is 3.18. The van der Waals surface area contributed by atoms with Crippen molar-refractivity contribution in [3.8, 4) is 0 Å². The molecule has 1 aliphatic rings. The number of rotatable bonds is 3. The van der Waals surface area contributed by atoms with Gasteiger partial charge in [0, 0.05) is 12.1 Å². The van der Waals surface area contributed by atoms with E-state index in [0.29, 0.717) is 0 Å². The Labute approximate surface area is 110 Å². The first-order valence-corrected chi connectivity index (χ1v) is 5.97. The monoisotopic (exact) mass is 265 g/mol. The summed E-state index contributed by atoms with van der Waals surface area (Å²) >= 11 is 0. The largest absolute Gasteiger partial charge is 0.325 e. The zero-order chi connectivity index (χ0) is 14.2. The smallest absolute Gasteiger partial charge is 0.324 e. The van der Waals surface area contributed by atoms with Crippen molar-refractivity contribution in [3.05, 3.63) is 35.6 Å². The maximum Gasteiger partial charge on any atom is 0.325 e. The molecule has 1 fully saturated rings. The fourth-order valence-corrected chi connectivity index (χ4v) is 2.05. The maximum atomic E-state index is 13.6. The van der Waals surface area contributed by atoms with Crippen molar-refractivity contribution < 1.29 is 14.0 Å². The third kappa shape index (κ3) is 2.44. The molecule has 3 amide bonds. The number of nitrogens with zero attached hydrogens (tertiary/aromatic N) is 1. The zero-order valence-electron chi connectivity index (χ0n) is 10.8. The third-order valence-electron chi connectivity index (χ3n) is 3.13. The Morgan fingerprint density at radius 3 is 2.53 bits per heavy atom. The lowest BCUT2D eigenvalue weighted by Crippen LogP contribution is -2.41. The minimum Gasteiger partial charge on any atom is -0.324 e. The summed E-state index contributed by atoms with van der Waals surface area (Å²) in [4.78, 5) is 24.7. The van der Waals surface area contributed by atoms with Crippen LogP contribution in [0.4, 0.5) is 9.18 Å². The average Bonchev–Trinajstić information content (AvgIpc) is 2.52. The van der Waals surface area contributed by atoms with Crippen LogP contribution in [0.15, 0.2) is 24.3 Å². The molecule has 1 atom stereocenters. The van der Waals surface area contributed by atoms with Crippen molar-refractivity contribution >= 4 is 11.9 Å². The Morgan fingerprint density at radius 1 is 1.37 bits per heavy atom. The molecule has 2 rings (SSSR count). The highest BCUT2D eigenvalue weighted by Crippen LogP contribution is 2.21. The summed E-state index contributed by atoms with van der Waals surface area (Å²) in [7, 11) is 0. The molecule has 1 unspecified atom stereocenters. The maximum absolute atomic E-state index is 13.6. The molecule has 0 aliphatic carbocycles. The number of amides is 3. The summed E-state index contributed by atoms with van der Waals surface area (Å²) in [6, 6.07) is 4.82. The molecule has 0 aromatic heterocycles. The molecule has 1 aromatic rings. The van der Waals surface area contributed by atoms with Crippen LogP contribution in [0.3, 0.4) is 0 Å². The SMILES string of the molecule is CC1(C)NC(=O)N(CC(N)c2ccccc2F)C1=O. The Bertz CT molecular complexity index is 530. The molecular formula is C13H16FN3O2. The van der Waals surface area contributed by atoms with Gasteiger partial charge in [-0.3, -0.25) is 9.69 Å². The van der Waals surface area contributed by atoms with Crippen LogP contribution in [0, 0.1) is 5.82 Å². The van der Waals surface area contributed by atoms with Crippen LogP contribution < -0.4 is 11.1 Å². The van der Waals surface area contributed by atoms with Crippen LogP contribution in [0.2, 0.25) is 0 Å². The van der Waals surface area contributed by atoms with Crippen molar-refractivity contribution in [2.24, 2.45) is 5.73 Å². The molecule has 1 heterocycles. The number of carbonyl (C=O) groups is 2. The van der Waals surface area contributed by atoms with Crippen LogP contribution in [0.25, 0.3) is 0 Å². The average molecular weight is 265 g/mol. The molecular weight excluding hydrogens is 249 g/mol. The molecule has 0 saturated carbocycles. The second-order valence-electron chi connectivity index (χ2n) is 5.10. The van der Waals surface area contributed by atoms with Gasteiger partial charge in [-0.15, -0.1) is 0 Å². The number of hydrogen-bond donors (Lipinski definition) is 2. The molecule has 1 aromatic carbocycles. The van der Waals surface area contributed by atoms with Crippen LogP contribution in [0.5, 0.6) is 0 Å². The highest BCUT2D eigenvalue weighted by Gasteiger charge is 2.44. The highest BCUT2D eigenvalue weighted by atomic mass is 19.1. The molecule has 0 radical (unpaired) electrons. The zero-order valence-corrected chi connectivity index (χ0v) is 10.8. The predicted molar refractivity (Wildman–Crippen MR) is 67.7 cm³/mol. The topological polar surface area (TPSA) is 75.4 Å². The van der Waals surface area contributed by atoms with Gasteiger partial charge in [0.2, 0.25) is 0 Å². The number of halogens is 1. The number of hydrogen-bond acceptors (Lipinski definition) is 3. The Balaban J connectivity index is 2.16. The number of carbonyl (C=O) groups excluding carboxylic acids is 2. The van der Waals surface area contributed by atoms with E-state index in [1.165, 1.54) is 6.07 Å². The van der Waals surface area contributed by atoms with Crippen LogP contribution >= 0.6 is 0 Å². The number of nitrogens with two attached hydrogens (primary N) is 1. The molecule has 102 valence electrons. The van der Waals surface area contributed by atoms with E-state index in [-0.39, 0.29) is 18.0 Å². The van der Waals surface area contributed by atoms with Gasteiger partial charge in [0.15, 0.2) is 0 Å². The van der Waals surface area contributed by atoms with Gasteiger partial charge in [0.25, 0.3) is 5.91 Å². The summed E-state index contributed by atoms with van der Waals surface area (Å²) in [5.41, 5.74) is 5.22. The van der Waals surface area contributed by atoms with E-state index in [4.69, 9.17) is 5.73 Å². The first kappa shape index (κ1) is 13.5. The molecule has 0 bridgehead atoms. The number of urea groups is 1. The first-order chi connectivity index (χ1) is 8.83. The Kier molecular flexibility index (Phi) is 3.28. The van der Waals surface area contributed by atoms with Gasteiger partial charge in [0.05, 0.1) is 6.04 Å². The number of nitrogens with one attached hydrogen (secondary N) is 1. The van der Waals surface area contributed by atoms with E-state index in [9.17, 15) is 14.0 Å². The molecule has 19 heavy (non-hydrogen) atoms. The van der Waals surface area contributed by atoms with E-state index in [1.807, 2.05) is 0 Å². The van der Waals surface area contributed by atoms with Gasteiger partial charge in [-0.25, -0.2) is 9.18 Å². The minimum atomic E-state index is -0.938. The molecule has 1 saturated heterocycles. The third-order valence-corrected chi connectivity index (χ3v) is 3.13. The Hall–Kier alpha value is -1.95. The fourth-order valence-electron chi connectivity index (χ4n) is 2.05. The van der Waals surface area contributed by atoms with Gasteiger partial charge >= 0.3 is 6.03 Å². The lowest BCUT2D eigenvalue weighted by atomic mass is 10.0. The minimum absolute atomic E-state index is 0.0466. The number of imide groups is 1. The quantitative estimate of drug-likeness (QED) is 0.805. The molecule has 6 heteroatoms. The summed E-state index contributed by atoms with van der Waals surface area (Å²) in [5.74, 6) is -0.800. The predicted octanol–water partition coefficient (Wildman–Crippen LogP) is 1.16. The summed E-state index contributed by atoms with van der Waals surface area (Å²) in [5, 5.41) is 2.55. The van der Waals surface area contributed by atoms with Gasteiger partial charge in [-0.1, -0.05) is 18.2 Å². The molecule has 3 N–H and O–H groups in total. The van der Waals surface area contributed by atoms with E-state index < -0.39 is 23.4 Å². The van der Waals surface area contributed by atoms with Gasteiger partial charge < -0.3 is 11.1 Å². The highest BCUT2D eigenvalue weighted by molar-refractivity contribution is 6.06. The van der Waals surface area contributed by atoms with Gasteiger partial charge in [-0.05, 0) is 19.9 Å². The van der Waals surface area contributed by atoms with E-state index in [1.54, 1.807) is 32.0 Å². The number of benzene rings is 1. The van der Waals surface area contributed by atoms with Crippen molar-refractivity contribution in [3.63, 3.8) is 0 Å². The second-order valence-corrected chi connectivity index (χ2v) is 5.10. The standard InChI is InChI=1S/C13H16FN3O2/c1-13(2)11(18)17(12(19)16-13)7-10(15)8-5-3-4-6-9(8)14/h3-6,10H,7,15H2,1-2H3,(H,16,19). The first-order valence-electron chi connectivity index (χ1n) is 5.97. The Morgan fingerprint density at radius 2 is 2.00 bits per heavy atom. The van der Waals surface area contributed by atoms with Gasteiger partial charge in [0.1, 0.15) is 11.4 Å². The van der Waals surface area contributed by atoms with Crippen molar-refractivity contribution in [1.82, 2.24) is 10.2 Å². The summed E-state index contributed by atoms with van der Waals surface area (Å²) < 4.78 is 13.6. The second kappa shape index (κ2) is 4.62. The van der Waals surface area contributed by atoms with Crippen molar-refractivity contribution in [1.29, 1.82) is 0 Å².